The summed E-state index contributed by atoms with van der Waals surface area (Å²) in [4.78, 5) is 16.4. The quantitative estimate of drug-likeness (QED) is 0.860. The van der Waals surface area contributed by atoms with Crippen molar-refractivity contribution in [1.82, 2.24) is 10.3 Å². The van der Waals surface area contributed by atoms with E-state index in [9.17, 15) is 9.90 Å². The van der Waals surface area contributed by atoms with E-state index in [1.54, 1.807) is 24.4 Å². The van der Waals surface area contributed by atoms with Gasteiger partial charge in [0.25, 0.3) is 5.91 Å². The van der Waals surface area contributed by atoms with Crippen molar-refractivity contribution in [3.8, 4) is 0 Å². The molecule has 0 aliphatic heterocycles. The molecule has 1 unspecified atom stereocenters. The van der Waals surface area contributed by atoms with Gasteiger partial charge in [0.15, 0.2) is 0 Å². The molecule has 2 N–H and O–H groups in total. The number of aliphatic hydroxyl groups excluding tert-OH is 1. The summed E-state index contributed by atoms with van der Waals surface area (Å²) in [5, 5.41) is 12.9. The minimum absolute atomic E-state index is 0.00352. The van der Waals surface area contributed by atoms with Crippen molar-refractivity contribution in [1.29, 1.82) is 0 Å². The van der Waals surface area contributed by atoms with Crippen molar-refractivity contribution in [2.75, 3.05) is 13.2 Å². The lowest BCUT2D eigenvalue weighted by molar-refractivity contribution is 0.0939. The molecule has 1 heterocycles. The molecule has 2 aromatic rings. The Kier molecular flexibility index (Phi) is 5.92. The summed E-state index contributed by atoms with van der Waals surface area (Å²) in [7, 11) is 0. The fourth-order valence-electron chi connectivity index (χ4n) is 2.23. The van der Waals surface area contributed by atoms with Crippen molar-refractivity contribution < 1.29 is 9.90 Å². The van der Waals surface area contributed by atoms with Gasteiger partial charge in [-0.1, -0.05) is 17.7 Å². The van der Waals surface area contributed by atoms with E-state index < -0.39 is 0 Å². The fraction of sp³-hybridized carbons (Fsp3) is 0.294. The van der Waals surface area contributed by atoms with Gasteiger partial charge in [-0.25, -0.2) is 0 Å². The van der Waals surface area contributed by atoms with Gasteiger partial charge in [0.2, 0.25) is 0 Å². The lowest BCUT2D eigenvalue weighted by atomic mass is 10.0. The standard InChI is InChI=1S/C17H19ClN2O2/c1-12-8-14(18)5-6-16(12)17(22)20-10-13(11-21)9-15-4-2-3-7-19-15/h2-8,13,21H,9-11H2,1H3,(H,20,22). The molecule has 5 heteroatoms. The van der Waals surface area contributed by atoms with Crippen molar-refractivity contribution in [2.45, 2.75) is 13.3 Å². The number of hydrogen-bond donors (Lipinski definition) is 2. The Bertz CT molecular complexity index is 632. The smallest absolute Gasteiger partial charge is 0.251 e. The number of hydrogen-bond acceptors (Lipinski definition) is 3. The van der Waals surface area contributed by atoms with E-state index in [2.05, 4.69) is 10.3 Å². The summed E-state index contributed by atoms with van der Waals surface area (Å²) < 4.78 is 0. The molecule has 0 spiro atoms. The molecule has 0 aliphatic rings. The lowest BCUT2D eigenvalue weighted by Gasteiger charge is -2.15. The number of aliphatic hydroxyl groups is 1. The Morgan fingerprint density at radius 2 is 2.18 bits per heavy atom. The van der Waals surface area contributed by atoms with Gasteiger partial charge in [-0.05, 0) is 49.2 Å². The molecule has 1 aromatic heterocycles. The number of rotatable bonds is 6. The van der Waals surface area contributed by atoms with Crippen LogP contribution >= 0.6 is 11.6 Å². The van der Waals surface area contributed by atoms with Crippen molar-refractivity contribution >= 4 is 17.5 Å². The number of carbonyl (C=O) groups is 1. The van der Waals surface area contributed by atoms with Crippen LogP contribution in [0.25, 0.3) is 0 Å². The number of nitrogens with zero attached hydrogens (tertiary/aromatic N) is 1. The van der Waals surface area contributed by atoms with Crippen molar-refractivity contribution in [3.05, 3.63) is 64.4 Å². The Hall–Kier alpha value is -1.91. The highest BCUT2D eigenvalue weighted by Gasteiger charge is 2.13. The van der Waals surface area contributed by atoms with Gasteiger partial charge in [0, 0.05) is 41.5 Å². The van der Waals surface area contributed by atoms with Crippen molar-refractivity contribution in [3.63, 3.8) is 0 Å². The van der Waals surface area contributed by atoms with Crippen LogP contribution in [0, 0.1) is 12.8 Å². The van der Waals surface area contributed by atoms with E-state index in [0.29, 0.717) is 23.6 Å². The average Bonchev–Trinajstić information content (AvgIpc) is 2.52. The third-order valence-electron chi connectivity index (χ3n) is 3.47. The number of amides is 1. The summed E-state index contributed by atoms with van der Waals surface area (Å²) >= 11 is 5.89. The predicted octanol–water partition coefficient (Wildman–Crippen LogP) is 2.62. The normalized spacial score (nSPS) is 12.0. The lowest BCUT2D eigenvalue weighted by Crippen LogP contribution is -2.32. The highest BCUT2D eigenvalue weighted by atomic mass is 35.5. The van der Waals surface area contributed by atoms with Gasteiger partial charge in [-0.2, -0.15) is 0 Å². The third kappa shape index (κ3) is 4.55. The number of aromatic nitrogens is 1. The largest absolute Gasteiger partial charge is 0.396 e. The van der Waals surface area contributed by atoms with E-state index in [4.69, 9.17) is 11.6 Å². The Morgan fingerprint density at radius 3 is 2.82 bits per heavy atom. The van der Waals surface area contributed by atoms with E-state index in [0.717, 1.165) is 11.3 Å². The number of nitrogens with one attached hydrogen (secondary N) is 1. The minimum Gasteiger partial charge on any atom is -0.396 e. The highest BCUT2D eigenvalue weighted by molar-refractivity contribution is 6.30. The van der Waals surface area contributed by atoms with E-state index in [1.807, 2.05) is 25.1 Å². The molecule has 0 fully saturated rings. The third-order valence-corrected chi connectivity index (χ3v) is 3.70. The zero-order valence-electron chi connectivity index (χ0n) is 12.4. The summed E-state index contributed by atoms with van der Waals surface area (Å²) in [5.74, 6) is -0.222. The molecule has 1 amide bonds. The molecule has 0 saturated heterocycles. The van der Waals surface area contributed by atoms with Gasteiger partial charge >= 0.3 is 0 Å². The van der Waals surface area contributed by atoms with E-state index in [1.165, 1.54) is 0 Å². The first kappa shape index (κ1) is 16.5. The van der Waals surface area contributed by atoms with Crippen LogP contribution in [0.5, 0.6) is 0 Å². The number of pyridine rings is 1. The van der Waals surface area contributed by atoms with E-state index in [-0.39, 0.29) is 18.4 Å². The first-order chi connectivity index (χ1) is 10.6. The van der Waals surface area contributed by atoms with Gasteiger partial charge in [-0.3, -0.25) is 9.78 Å². The molecule has 116 valence electrons. The number of carbonyl (C=O) groups excluding carboxylic acids is 1. The topological polar surface area (TPSA) is 62.2 Å². The van der Waals surface area contributed by atoms with Crippen LogP contribution in [0.1, 0.15) is 21.6 Å². The van der Waals surface area contributed by atoms with E-state index >= 15 is 0 Å². The second kappa shape index (κ2) is 7.92. The summed E-state index contributed by atoms with van der Waals surface area (Å²) in [6.45, 7) is 2.24. The molecule has 0 radical (unpaired) electrons. The molecule has 2 rings (SSSR count). The fourth-order valence-corrected chi connectivity index (χ4v) is 2.46. The maximum absolute atomic E-state index is 12.2. The molecule has 0 saturated carbocycles. The van der Waals surface area contributed by atoms with Crippen LogP contribution in [0.3, 0.4) is 0 Å². The second-order valence-corrected chi connectivity index (χ2v) is 5.68. The predicted molar refractivity (Wildman–Crippen MR) is 87.0 cm³/mol. The van der Waals surface area contributed by atoms with Crippen LogP contribution < -0.4 is 5.32 Å². The number of benzene rings is 1. The Morgan fingerprint density at radius 1 is 1.36 bits per heavy atom. The van der Waals surface area contributed by atoms with Gasteiger partial charge in [0.1, 0.15) is 0 Å². The molecule has 1 aromatic carbocycles. The first-order valence-electron chi connectivity index (χ1n) is 7.15. The van der Waals surface area contributed by atoms with Crippen molar-refractivity contribution in [2.24, 2.45) is 5.92 Å². The maximum Gasteiger partial charge on any atom is 0.251 e. The SMILES string of the molecule is Cc1cc(Cl)ccc1C(=O)NCC(CO)Cc1ccccn1. The Labute approximate surface area is 135 Å². The molecule has 0 bridgehead atoms. The highest BCUT2D eigenvalue weighted by Crippen LogP contribution is 2.15. The molecule has 22 heavy (non-hydrogen) atoms. The summed E-state index contributed by atoms with van der Waals surface area (Å²) in [6.07, 6.45) is 2.34. The summed E-state index contributed by atoms with van der Waals surface area (Å²) in [6, 6.07) is 10.8. The van der Waals surface area contributed by atoms with Gasteiger partial charge in [-0.15, -0.1) is 0 Å². The zero-order chi connectivity index (χ0) is 15.9. The average molecular weight is 319 g/mol. The molecular weight excluding hydrogens is 300 g/mol. The Balaban J connectivity index is 1.94. The van der Waals surface area contributed by atoms with Crippen LogP contribution in [0.2, 0.25) is 5.02 Å². The van der Waals surface area contributed by atoms with Gasteiger partial charge in [0.05, 0.1) is 0 Å². The maximum atomic E-state index is 12.2. The van der Waals surface area contributed by atoms with Crippen LogP contribution in [-0.4, -0.2) is 29.1 Å². The van der Waals surface area contributed by atoms with Crippen LogP contribution in [0.15, 0.2) is 42.6 Å². The zero-order valence-corrected chi connectivity index (χ0v) is 13.2. The minimum atomic E-state index is -0.159. The summed E-state index contributed by atoms with van der Waals surface area (Å²) in [5.41, 5.74) is 2.33. The number of halogens is 1. The first-order valence-corrected chi connectivity index (χ1v) is 7.53. The number of aryl methyl sites for hydroxylation is 1. The van der Waals surface area contributed by atoms with Gasteiger partial charge < -0.3 is 10.4 Å². The molecule has 1 atom stereocenters. The molecular formula is C17H19ClN2O2. The monoisotopic (exact) mass is 318 g/mol. The molecule has 4 nitrogen and oxygen atoms in total. The van der Waals surface area contributed by atoms with Crippen LogP contribution in [0.4, 0.5) is 0 Å². The van der Waals surface area contributed by atoms with Crippen LogP contribution in [-0.2, 0) is 6.42 Å². The molecule has 0 aliphatic carbocycles. The second-order valence-electron chi connectivity index (χ2n) is 5.24.